The van der Waals surface area contributed by atoms with Crippen LogP contribution in [-0.4, -0.2) is 26.9 Å². The van der Waals surface area contributed by atoms with Crippen LogP contribution >= 0.6 is 15.9 Å². The third-order valence-corrected chi connectivity index (χ3v) is 6.27. The summed E-state index contributed by atoms with van der Waals surface area (Å²) in [5.41, 5.74) is 8.30. The second-order valence-corrected chi connectivity index (χ2v) is 8.18. The number of carbonyl (C=O) groups is 1. The van der Waals surface area contributed by atoms with Gasteiger partial charge in [-0.15, -0.1) is 0 Å². The van der Waals surface area contributed by atoms with Crippen LogP contribution in [0, 0.1) is 23.6 Å². The van der Waals surface area contributed by atoms with Gasteiger partial charge in [-0.2, -0.15) is 0 Å². The molecule has 1 saturated carbocycles. The molecule has 0 spiro atoms. The normalized spacial score (nSPS) is 25.5. The van der Waals surface area contributed by atoms with Crippen molar-refractivity contribution in [1.82, 2.24) is 15.0 Å². The zero-order chi connectivity index (χ0) is 19.4. The average molecular weight is 442 g/mol. The monoisotopic (exact) mass is 441 g/mol. The number of aromatic nitrogens is 3. The molecular weight excluding hydrogens is 425 g/mol. The van der Waals surface area contributed by atoms with Crippen molar-refractivity contribution in [3.05, 3.63) is 52.9 Å². The van der Waals surface area contributed by atoms with Gasteiger partial charge in [0, 0.05) is 17.8 Å². The number of nitrogens with zero attached hydrogens (tertiary/aromatic N) is 2. The third kappa shape index (κ3) is 2.71. The van der Waals surface area contributed by atoms with Gasteiger partial charge in [-0.1, -0.05) is 24.3 Å². The Morgan fingerprint density at radius 1 is 1.32 bits per heavy atom. The van der Waals surface area contributed by atoms with Gasteiger partial charge in [0.2, 0.25) is 5.91 Å². The number of hydrogen-bond donors (Lipinski definition) is 3. The van der Waals surface area contributed by atoms with Crippen molar-refractivity contribution in [3.63, 3.8) is 0 Å². The van der Waals surface area contributed by atoms with Crippen LogP contribution in [-0.2, 0) is 4.79 Å². The van der Waals surface area contributed by atoms with Crippen molar-refractivity contribution >= 4 is 38.7 Å². The highest BCUT2D eigenvalue weighted by Gasteiger charge is 2.47. The number of pyridine rings is 1. The van der Waals surface area contributed by atoms with Crippen LogP contribution < -0.4 is 11.1 Å². The molecule has 6 nitrogen and oxygen atoms in total. The van der Waals surface area contributed by atoms with E-state index in [4.69, 9.17) is 5.73 Å². The summed E-state index contributed by atoms with van der Waals surface area (Å²) in [5.74, 6) is 0.0893. The van der Waals surface area contributed by atoms with Crippen LogP contribution in [0.3, 0.4) is 0 Å². The van der Waals surface area contributed by atoms with E-state index in [-0.39, 0.29) is 35.5 Å². The minimum Gasteiger partial charge on any atom is -0.378 e. The Labute approximate surface area is 168 Å². The second kappa shape index (κ2) is 6.41. The molecule has 0 unspecified atom stereocenters. The number of allylic oxidation sites excluding steroid dienone is 1. The lowest BCUT2D eigenvalue weighted by Crippen LogP contribution is -2.41. The lowest BCUT2D eigenvalue weighted by molar-refractivity contribution is -0.122. The van der Waals surface area contributed by atoms with E-state index in [1.807, 2.05) is 0 Å². The maximum Gasteiger partial charge on any atom is 0.223 e. The van der Waals surface area contributed by atoms with Crippen LogP contribution in [0.4, 0.5) is 10.1 Å². The van der Waals surface area contributed by atoms with Crippen LogP contribution in [0.2, 0.25) is 0 Å². The zero-order valence-corrected chi connectivity index (χ0v) is 16.3. The first-order valence-electron chi connectivity index (χ1n) is 9.05. The second-order valence-electron chi connectivity index (χ2n) is 7.32. The number of hydrogen-bond acceptors (Lipinski definition) is 4. The molecule has 8 heteroatoms. The van der Waals surface area contributed by atoms with E-state index < -0.39 is 0 Å². The summed E-state index contributed by atoms with van der Waals surface area (Å²) in [6.07, 6.45) is 6.84. The SMILES string of the molecule is NC(=O)[C@@H]1[C@H](Nc2c(Br)cnc3nc(-c4cccc(F)c4)[nH]c23)[C@@H]2C=C[C@@H]1C2. The summed E-state index contributed by atoms with van der Waals surface area (Å²) in [5, 5.41) is 3.51. The molecule has 3 aromatic rings. The molecule has 0 radical (unpaired) electrons. The number of benzene rings is 1. The molecule has 2 aromatic heterocycles. The van der Waals surface area contributed by atoms with E-state index in [1.165, 1.54) is 12.1 Å². The summed E-state index contributed by atoms with van der Waals surface area (Å²) >= 11 is 3.54. The number of H-pyrrole nitrogens is 1. The van der Waals surface area contributed by atoms with Crippen molar-refractivity contribution in [1.29, 1.82) is 0 Å². The zero-order valence-electron chi connectivity index (χ0n) is 14.7. The van der Waals surface area contributed by atoms with Crippen molar-refractivity contribution in [2.24, 2.45) is 23.5 Å². The first-order valence-corrected chi connectivity index (χ1v) is 9.85. The lowest BCUT2D eigenvalue weighted by atomic mass is 9.88. The fourth-order valence-electron chi connectivity index (χ4n) is 4.42. The quantitative estimate of drug-likeness (QED) is 0.538. The fourth-order valence-corrected chi connectivity index (χ4v) is 4.84. The van der Waals surface area contributed by atoms with Gasteiger partial charge in [-0.3, -0.25) is 4.79 Å². The third-order valence-electron chi connectivity index (χ3n) is 5.67. The van der Waals surface area contributed by atoms with Crippen molar-refractivity contribution in [3.8, 4) is 11.4 Å². The number of nitrogens with two attached hydrogens (primary N) is 1. The standard InChI is InChI=1S/C20H17BrFN5O/c21-13-8-24-20-17(26-19(27-20)11-2-1-3-12(22)7-11)16(13)25-15-10-5-4-9(6-10)14(15)18(23)28/h1-5,7-10,14-15H,6H2,(H2,23,28)(H2,24,25,26,27)/t9-,10-,14+,15-/m1/s1. The number of nitrogens with one attached hydrogen (secondary N) is 2. The molecule has 2 heterocycles. The van der Waals surface area contributed by atoms with Crippen molar-refractivity contribution in [2.45, 2.75) is 12.5 Å². The molecule has 1 aromatic carbocycles. The molecular formula is C20H17BrFN5O. The van der Waals surface area contributed by atoms with Gasteiger partial charge < -0.3 is 16.0 Å². The summed E-state index contributed by atoms with van der Waals surface area (Å²) in [6.45, 7) is 0. The van der Waals surface area contributed by atoms with Gasteiger partial charge in [0.05, 0.1) is 16.1 Å². The van der Waals surface area contributed by atoms with E-state index in [2.05, 4.69) is 48.4 Å². The molecule has 0 aliphatic heterocycles. The molecule has 142 valence electrons. The van der Waals surface area contributed by atoms with E-state index >= 15 is 0 Å². The predicted molar refractivity (Wildman–Crippen MR) is 108 cm³/mol. The number of carbonyl (C=O) groups excluding carboxylic acids is 1. The van der Waals surface area contributed by atoms with Crippen molar-refractivity contribution in [2.75, 3.05) is 5.32 Å². The molecule has 2 aliphatic rings. The van der Waals surface area contributed by atoms with Crippen molar-refractivity contribution < 1.29 is 9.18 Å². The van der Waals surface area contributed by atoms with Gasteiger partial charge in [0.15, 0.2) is 5.65 Å². The first-order chi connectivity index (χ1) is 13.5. The topological polar surface area (TPSA) is 96.7 Å². The molecule has 4 N–H and O–H groups in total. The van der Waals surface area contributed by atoms with E-state index in [9.17, 15) is 9.18 Å². The molecule has 4 atom stereocenters. The van der Waals surface area contributed by atoms with Gasteiger partial charge >= 0.3 is 0 Å². The van der Waals surface area contributed by atoms with Gasteiger partial charge in [-0.05, 0) is 46.3 Å². The Morgan fingerprint density at radius 2 is 2.14 bits per heavy atom. The maximum absolute atomic E-state index is 13.6. The Kier molecular flexibility index (Phi) is 3.97. The van der Waals surface area contributed by atoms with Gasteiger partial charge in [0.1, 0.15) is 17.2 Å². The number of primary amides is 1. The van der Waals surface area contributed by atoms with Gasteiger partial charge in [-0.25, -0.2) is 14.4 Å². The molecule has 2 aliphatic carbocycles. The summed E-state index contributed by atoms with van der Waals surface area (Å²) in [4.78, 5) is 24.1. The minimum atomic E-state index is -0.330. The van der Waals surface area contributed by atoms with Gasteiger partial charge in [0.25, 0.3) is 0 Å². The number of fused-ring (bicyclic) bond motifs is 3. The lowest BCUT2D eigenvalue weighted by Gasteiger charge is -2.28. The van der Waals surface area contributed by atoms with Crippen LogP contribution in [0.1, 0.15) is 6.42 Å². The smallest absolute Gasteiger partial charge is 0.223 e. The molecule has 28 heavy (non-hydrogen) atoms. The highest BCUT2D eigenvalue weighted by Crippen LogP contribution is 2.46. The highest BCUT2D eigenvalue weighted by molar-refractivity contribution is 9.10. The van der Waals surface area contributed by atoms with E-state index in [0.717, 1.165) is 16.6 Å². The number of anilines is 1. The van der Waals surface area contributed by atoms with Crippen LogP contribution in [0.5, 0.6) is 0 Å². The Balaban J connectivity index is 1.57. The number of imidazole rings is 1. The average Bonchev–Trinajstić information content (AvgIpc) is 3.38. The summed E-state index contributed by atoms with van der Waals surface area (Å²) in [6, 6.07) is 6.14. The number of rotatable bonds is 4. The number of halogens is 2. The van der Waals surface area contributed by atoms with Crippen LogP contribution in [0.15, 0.2) is 47.1 Å². The van der Waals surface area contributed by atoms with E-state index in [1.54, 1.807) is 18.3 Å². The van der Waals surface area contributed by atoms with Crippen LogP contribution in [0.25, 0.3) is 22.6 Å². The van der Waals surface area contributed by atoms with E-state index in [0.29, 0.717) is 22.6 Å². The Hall–Kier alpha value is -2.74. The molecule has 2 bridgehead atoms. The highest BCUT2D eigenvalue weighted by atomic mass is 79.9. The minimum absolute atomic E-state index is 0.0877. The fraction of sp³-hybridized carbons (Fsp3) is 0.250. The summed E-state index contributed by atoms with van der Waals surface area (Å²) in [7, 11) is 0. The number of amides is 1. The Morgan fingerprint density at radius 3 is 2.93 bits per heavy atom. The summed E-state index contributed by atoms with van der Waals surface area (Å²) < 4.78 is 14.4. The Bertz CT molecular complexity index is 1130. The predicted octanol–water partition coefficient (Wildman–Crippen LogP) is 3.61. The molecule has 1 fully saturated rings. The maximum atomic E-state index is 13.6. The molecule has 5 rings (SSSR count). The number of aromatic amines is 1. The molecule has 0 saturated heterocycles. The largest absolute Gasteiger partial charge is 0.378 e. The first kappa shape index (κ1) is 17.4. The molecule has 1 amide bonds.